The maximum Gasteiger partial charge on any atom is 0.146 e. The molecule has 8 heteroatoms. The summed E-state index contributed by atoms with van der Waals surface area (Å²) in [5.41, 5.74) is 3.09. The largest absolute Gasteiger partial charge is 0.377 e. The van der Waals surface area contributed by atoms with Crippen molar-refractivity contribution in [1.29, 1.82) is 0 Å². The molecule has 120 valence electrons. The Bertz CT molecular complexity index is 861. The molecule has 0 aromatic carbocycles. The molecule has 1 aliphatic heterocycles. The molecule has 1 fully saturated rings. The molecule has 1 aliphatic rings. The predicted molar refractivity (Wildman–Crippen MR) is 94.9 cm³/mol. The lowest BCUT2D eigenvalue weighted by atomic mass is 10.1. The van der Waals surface area contributed by atoms with Gasteiger partial charge in [0.05, 0.1) is 29.6 Å². The van der Waals surface area contributed by atoms with Crippen LogP contribution in [0.4, 0.5) is 5.82 Å². The van der Waals surface area contributed by atoms with Crippen molar-refractivity contribution in [2.45, 2.75) is 13.0 Å². The van der Waals surface area contributed by atoms with Crippen molar-refractivity contribution in [2.75, 3.05) is 24.7 Å². The molecule has 0 unspecified atom stereocenters. The molecule has 0 bridgehead atoms. The van der Waals surface area contributed by atoms with Crippen molar-refractivity contribution in [3.05, 3.63) is 22.9 Å². The molecule has 0 saturated carbocycles. The Labute approximate surface area is 146 Å². The van der Waals surface area contributed by atoms with Gasteiger partial charge in [0, 0.05) is 25.4 Å². The first-order valence-corrected chi connectivity index (χ1v) is 9.00. The standard InChI is InChI=1S/C15H16BrN5OS/c1-9-8-22-6-5-21(9)12-7-10(11-3-4-17-20(11)2)14-13(18-12)15(16)19-23-14/h3-4,7,9H,5-6,8H2,1-2H3/t9-/m1/s1. The Hall–Kier alpha value is -1.51. The minimum Gasteiger partial charge on any atom is -0.377 e. The van der Waals surface area contributed by atoms with Crippen LogP contribution in [-0.2, 0) is 11.8 Å². The first-order chi connectivity index (χ1) is 11.1. The third-order valence-electron chi connectivity index (χ3n) is 4.13. The SMILES string of the molecule is C[C@@H]1COCCN1c1cc(-c2ccnn2C)c2snc(Br)c2n1. The van der Waals surface area contributed by atoms with E-state index in [1.165, 1.54) is 11.5 Å². The molecule has 3 aromatic rings. The average Bonchev–Trinajstić information content (AvgIpc) is 3.14. The molecule has 3 aromatic heterocycles. The van der Waals surface area contributed by atoms with E-state index in [0.717, 1.165) is 51.7 Å². The molecule has 0 aliphatic carbocycles. The second-order valence-corrected chi connectivity index (χ2v) is 7.16. The number of aromatic nitrogens is 4. The van der Waals surface area contributed by atoms with Crippen LogP contribution in [-0.4, -0.2) is 44.9 Å². The summed E-state index contributed by atoms with van der Waals surface area (Å²) in [6.45, 7) is 4.47. The number of aryl methyl sites for hydroxylation is 1. The second-order valence-electron chi connectivity index (χ2n) is 5.64. The van der Waals surface area contributed by atoms with Crippen molar-refractivity contribution >= 4 is 43.5 Å². The highest BCUT2D eigenvalue weighted by molar-refractivity contribution is 9.10. The molecule has 23 heavy (non-hydrogen) atoms. The zero-order valence-electron chi connectivity index (χ0n) is 12.9. The van der Waals surface area contributed by atoms with E-state index in [1.54, 1.807) is 0 Å². The van der Waals surface area contributed by atoms with Gasteiger partial charge >= 0.3 is 0 Å². The van der Waals surface area contributed by atoms with Crippen molar-refractivity contribution < 1.29 is 4.74 Å². The van der Waals surface area contributed by atoms with Crippen molar-refractivity contribution in [2.24, 2.45) is 7.05 Å². The lowest BCUT2D eigenvalue weighted by Gasteiger charge is -2.34. The summed E-state index contributed by atoms with van der Waals surface area (Å²) < 4.78 is 13.7. The summed E-state index contributed by atoms with van der Waals surface area (Å²) in [5.74, 6) is 0.963. The normalized spacial score (nSPS) is 18.7. The maximum atomic E-state index is 5.55. The van der Waals surface area contributed by atoms with E-state index in [4.69, 9.17) is 9.72 Å². The van der Waals surface area contributed by atoms with Gasteiger partial charge < -0.3 is 9.64 Å². The van der Waals surface area contributed by atoms with Gasteiger partial charge in [-0.1, -0.05) is 0 Å². The monoisotopic (exact) mass is 393 g/mol. The number of anilines is 1. The van der Waals surface area contributed by atoms with Crippen LogP contribution in [0.5, 0.6) is 0 Å². The minimum absolute atomic E-state index is 0.304. The first kappa shape index (κ1) is 15.0. The molecular weight excluding hydrogens is 378 g/mol. The van der Waals surface area contributed by atoms with Crippen LogP contribution in [0.15, 0.2) is 22.9 Å². The Morgan fingerprint density at radius 1 is 1.43 bits per heavy atom. The van der Waals surface area contributed by atoms with E-state index in [2.05, 4.69) is 43.3 Å². The van der Waals surface area contributed by atoms with E-state index < -0.39 is 0 Å². The van der Waals surface area contributed by atoms with E-state index >= 15 is 0 Å². The topological polar surface area (TPSA) is 56.1 Å². The molecule has 4 rings (SSSR count). The van der Waals surface area contributed by atoms with Crippen LogP contribution in [0.25, 0.3) is 21.5 Å². The van der Waals surface area contributed by atoms with E-state index in [0.29, 0.717) is 6.04 Å². The fourth-order valence-corrected chi connectivity index (χ4v) is 4.31. The number of ether oxygens (including phenoxy) is 1. The third kappa shape index (κ3) is 2.54. The van der Waals surface area contributed by atoms with Gasteiger partial charge in [0.1, 0.15) is 15.9 Å². The summed E-state index contributed by atoms with van der Waals surface area (Å²) in [5, 5.41) is 4.30. The van der Waals surface area contributed by atoms with Gasteiger partial charge in [-0.3, -0.25) is 4.68 Å². The van der Waals surface area contributed by atoms with Crippen molar-refractivity contribution in [3.8, 4) is 11.3 Å². The van der Waals surface area contributed by atoms with E-state index in [9.17, 15) is 0 Å². The third-order valence-corrected chi connectivity index (χ3v) is 5.79. The summed E-state index contributed by atoms with van der Waals surface area (Å²) >= 11 is 4.99. The Morgan fingerprint density at radius 3 is 3.04 bits per heavy atom. The van der Waals surface area contributed by atoms with Gasteiger partial charge in [0.2, 0.25) is 0 Å². The quantitative estimate of drug-likeness (QED) is 0.669. The lowest BCUT2D eigenvalue weighted by Crippen LogP contribution is -2.44. The first-order valence-electron chi connectivity index (χ1n) is 7.44. The Kier molecular flexibility index (Phi) is 3.82. The van der Waals surface area contributed by atoms with Crippen LogP contribution in [0.1, 0.15) is 6.92 Å². The van der Waals surface area contributed by atoms with Gasteiger partial charge in [0.25, 0.3) is 0 Å². The van der Waals surface area contributed by atoms with Gasteiger partial charge in [-0.25, -0.2) is 4.98 Å². The predicted octanol–water partition coefficient (Wildman–Crippen LogP) is 3.08. The van der Waals surface area contributed by atoms with Gasteiger partial charge in [-0.15, -0.1) is 0 Å². The van der Waals surface area contributed by atoms with Gasteiger partial charge in [-0.05, 0) is 46.5 Å². The van der Waals surface area contributed by atoms with Crippen LogP contribution < -0.4 is 4.90 Å². The smallest absolute Gasteiger partial charge is 0.146 e. The summed E-state index contributed by atoms with van der Waals surface area (Å²) in [7, 11) is 1.95. The number of hydrogen-bond donors (Lipinski definition) is 0. The van der Waals surface area contributed by atoms with Crippen molar-refractivity contribution in [3.63, 3.8) is 0 Å². The number of pyridine rings is 1. The summed E-state index contributed by atoms with van der Waals surface area (Å²) in [6, 6.07) is 4.47. The highest BCUT2D eigenvalue weighted by atomic mass is 79.9. The van der Waals surface area contributed by atoms with Crippen LogP contribution in [0, 0.1) is 0 Å². The fourth-order valence-electron chi connectivity index (χ4n) is 2.92. The molecular formula is C15H16BrN5OS. The minimum atomic E-state index is 0.304. The number of fused-ring (bicyclic) bond motifs is 1. The Balaban J connectivity index is 1.93. The van der Waals surface area contributed by atoms with Gasteiger partial charge in [0.15, 0.2) is 0 Å². The number of nitrogens with zero attached hydrogens (tertiary/aromatic N) is 5. The number of hydrogen-bond acceptors (Lipinski definition) is 6. The average molecular weight is 394 g/mol. The zero-order valence-corrected chi connectivity index (χ0v) is 15.3. The number of morpholine rings is 1. The molecule has 0 spiro atoms. The lowest BCUT2D eigenvalue weighted by molar-refractivity contribution is 0.0986. The molecule has 4 heterocycles. The molecule has 6 nitrogen and oxygen atoms in total. The molecule has 1 saturated heterocycles. The van der Waals surface area contributed by atoms with Gasteiger partial charge in [-0.2, -0.15) is 9.47 Å². The number of halogens is 1. The maximum absolute atomic E-state index is 5.55. The highest BCUT2D eigenvalue weighted by Crippen LogP contribution is 2.37. The van der Waals surface area contributed by atoms with E-state index in [-0.39, 0.29) is 0 Å². The molecule has 0 amide bonds. The summed E-state index contributed by atoms with van der Waals surface area (Å²) in [6.07, 6.45) is 1.81. The van der Waals surface area contributed by atoms with E-state index in [1.807, 2.05) is 24.0 Å². The van der Waals surface area contributed by atoms with Crippen LogP contribution >= 0.6 is 27.5 Å². The highest BCUT2D eigenvalue weighted by Gasteiger charge is 2.23. The summed E-state index contributed by atoms with van der Waals surface area (Å²) in [4.78, 5) is 7.15. The number of rotatable bonds is 2. The van der Waals surface area contributed by atoms with Crippen molar-refractivity contribution in [1.82, 2.24) is 19.1 Å². The van der Waals surface area contributed by atoms with Crippen LogP contribution in [0.3, 0.4) is 0 Å². The van der Waals surface area contributed by atoms with Crippen LogP contribution in [0.2, 0.25) is 0 Å². The molecule has 0 N–H and O–H groups in total. The fraction of sp³-hybridized carbons (Fsp3) is 0.400. The molecule has 0 radical (unpaired) electrons. The second kappa shape index (κ2) is 5.85. The zero-order chi connectivity index (χ0) is 16.0. The molecule has 1 atom stereocenters. The Morgan fingerprint density at radius 2 is 2.30 bits per heavy atom.